The first kappa shape index (κ1) is 8.73. The van der Waals surface area contributed by atoms with Crippen LogP contribution in [0.5, 0.6) is 0 Å². The Morgan fingerprint density at radius 2 is 2.42 bits per heavy atom. The molecule has 1 heterocycles. The highest BCUT2D eigenvalue weighted by atomic mass is 35.5. The number of carboxylic acids is 1. The van der Waals surface area contributed by atoms with E-state index in [0.29, 0.717) is 0 Å². The minimum atomic E-state index is -1.12. The number of hydrogen-bond donors (Lipinski definition) is 2. The number of halogens is 1. The Hall–Kier alpha value is -1.36. The van der Waals surface area contributed by atoms with Gasteiger partial charge in [0.2, 0.25) is 0 Å². The maximum absolute atomic E-state index is 10.9. The summed E-state index contributed by atoms with van der Waals surface area (Å²) in [4.78, 5) is 26.9. The number of carboxylic acid groups (broad SMARTS) is 1. The van der Waals surface area contributed by atoms with Crippen molar-refractivity contribution in [1.29, 1.82) is 0 Å². The zero-order valence-electron chi connectivity index (χ0n) is 5.87. The van der Waals surface area contributed by atoms with Crippen molar-refractivity contribution in [3.05, 3.63) is 27.4 Å². The Morgan fingerprint density at radius 1 is 1.75 bits per heavy atom. The van der Waals surface area contributed by atoms with Crippen LogP contribution < -0.4 is 5.56 Å². The molecular formula is C6H5ClN2O3. The summed E-state index contributed by atoms with van der Waals surface area (Å²) in [6, 6.07) is 0. The Kier molecular flexibility index (Phi) is 2.44. The summed E-state index contributed by atoms with van der Waals surface area (Å²) in [7, 11) is 0. The van der Waals surface area contributed by atoms with Gasteiger partial charge in [0.15, 0.2) is 0 Å². The SMILES string of the molecule is O=C(O)Cc1c(Cl)nc[nH]c1=O. The highest BCUT2D eigenvalue weighted by Gasteiger charge is 2.09. The first-order valence-electron chi connectivity index (χ1n) is 3.05. The number of H-pyrrole nitrogens is 1. The van der Waals surface area contributed by atoms with Gasteiger partial charge in [-0.3, -0.25) is 9.59 Å². The van der Waals surface area contributed by atoms with Gasteiger partial charge in [-0.2, -0.15) is 0 Å². The van der Waals surface area contributed by atoms with Crippen molar-refractivity contribution in [3.63, 3.8) is 0 Å². The highest BCUT2D eigenvalue weighted by Crippen LogP contribution is 2.06. The fourth-order valence-corrected chi connectivity index (χ4v) is 0.912. The molecule has 6 heteroatoms. The summed E-state index contributed by atoms with van der Waals surface area (Å²) in [5.74, 6) is -1.12. The van der Waals surface area contributed by atoms with Crippen LogP contribution in [0.1, 0.15) is 5.56 Å². The van der Waals surface area contributed by atoms with Crippen molar-refractivity contribution < 1.29 is 9.90 Å². The van der Waals surface area contributed by atoms with E-state index >= 15 is 0 Å². The molecule has 5 nitrogen and oxygen atoms in total. The third kappa shape index (κ3) is 1.82. The van der Waals surface area contributed by atoms with Crippen LogP contribution in [0.4, 0.5) is 0 Å². The molecule has 1 aromatic rings. The van der Waals surface area contributed by atoms with Crippen LogP contribution >= 0.6 is 11.6 Å². The lowest BCUT2D eigenvalue weighted by Gasteiger charge is -1.96. The molecule has 1 rings (SSSR count). The fraction of sp³-hybridized carbons (Fsp3) is 0.167. The number of aromatic amines is 1. The summed E-state index contributed by atoms with van der Waals surface area (Å²) in [6.45, 7) is 0. The van der Waals surface area contributed by atoms with E-state index in [-0.39, 0.29) is 10.7 Å². The van der Waals surface area contributed by atoms with Gasteiger partial charge >= 0.3 is 5.97 Å². The predicted molar refractivity (Wildman–Crippen MR) is 41.2 cm³/mol. The summed E-state index contributed by atoms with van der Waals surface area (Å²) < 4.78 is 0. The van der Waals surface area contributed by atoms with Crippen molar-refractivity contribution in [1.82, 2.24) is 9.97 Å². The Bertz CT molecular complexity index is 360. The van der Waals surface area contributed by atoms with Gasteiger partial charge < -0.3 is 10.1 Å². The fourth-order valence-electron chi connectivity index (χ4n) is 0.711. The number of nitrogens with zero attached hydrogens (tertiary/aromatic N) is 1. The molecule has 0 atom stereocenters. The second kappa shape index (κ2) is 3.36. The van der Waals surface area contributed by atoms with E-state index < -0.39 is 17.9 Å². The second-order valence-electron chi connectivity index (χ2n) is 2.07. The monoisotopic (exact) mass is 188 g/mol. The molecule has 0 unspecified atom stereocenters. The van der Waals surface area contributed by atoms with Gasteiger partial charge in [0, 0.05) is 0 Å². The molecule has 0 aliphatic rings. The normalized spacial score (nSPS) is 9.75. The van der Waals surface area contributed by atoms with Crippen LogP contribution in [0.25, 0.3) is 0 Å². The van der Waals surface area contributed by atoms with E-state index in [1.165, 1.54) is 0 Å². The first-order valence-corrected chi connectivity index (χ1v) is 3.43. The largest absolute Gasteiger partial charge is 0.481 e. The molecule has 0 saturated heterocycles. The zero-order chi connectivity index (χ0) is 9.14. The van der Waals surface area contributed by atoms with Crippen LogP contribution in [0.3, 0.4) is 0 Å². The quantitative estimate of drug-likeness (QED) is 0.643. The van der Waals surface area contributed by atoms with Crippen LogP contribution in [-0.2, 0) is 11.2 Å². The first-order chi connectivity index (χ1) is 5.61. The van der Waals surface area contributed by atoms with E-state index in [2.05, 4.69) is 9.97 Å². The molecule has 0 radical (unpaired) electrons. The van der Waals surface area contributed by atoms with Gasteiger partial charge in [0.05, 0.1) is 18.3 Å². The second-order valence-corrected chi connectivity index (χ2v) is 2.43. The zero-order valence-corrected chi connectivity index (χ0v) is 6.63. The van der Waals surface area contributed by atoms with Crippen molar-refractivity contribution in [2.75, 3.05) is 0 Å². The van der Waals surface area contributed by atoms with E-state index in [9.17, 15) is 9.59 Å². The summed E-state index contributed by atoms with van der Waals surface area (Å²) in [6.07, 6.45) is 0.706. The molecule has 0 aliphatic carbocycles. The molecule has 2 N–H and O–H groups in total. The lowest BCUT2D eigenvalue weighted by Crippen LogP contribution is -2.17. The topological polar surface area (TPSA) is 83.0 Å². The predicted octanol–water partition coefficient (Wildman–Crippen LogP) is 0.0504. The molecule has 0 fully saturated rings. The average Bonchev–Trinajstić information content (AvgIpc) is 1.97. The molecule has 0 bridgehead atoms. The maximum Gasteiger partial charge on any atom is 0.308 e. The van der Waals surface area contributed by atoms with Crippen LogP contribution in [-0.4, -0.2) is 21.0 Å². The van der Waals surface area contributed by atoms with Gasteiger partial charge in [0.1, 0.15) is 5.15 Å². The van der Waals surface area contributed by atoms with Crippen molar-refractivity contribution >= 4 is 17.6 Å². The van der Waals surface area contributed by atoms with Crippen molar-refractivity contribution in [3.8, 4) is 0 Å². The number of nitrogens with one attached hydrogen (secondary N) is 1. The van der Waals surface area contributed by atoms with Gasteiger partial charge in [-0.1, -0.05) is 11.6 Å². The highest BCUT2D eigenvalue weighted by molar-refractivity contribution is 6.30. The molecule has 0 saturated carbocycles. The minimum absolute atomic E-state index is 0.0216. The Labute approximate surface area is 72.0 Å². The van der Waals surface area contributed by atoms with E-state index in [1.807, 2.05) is 0 Å². The smallest absolute Gasteiger partial charge is 0.308 e. The number of rotatable bonds is 2. The number of aromatic nitrogens is 2. The van der Waals surface area contributed by atoms with Crippen molar-refractivity contribution in [2.24, 2.45) is 0 Å². The molecule has 0 aliphatic heterocycles. The average molecular weight is 189 g/mol. The molecule has 12 heavy (non-hydrogen) atoms. The third-order valence-electron chi connectivity index (χ3n) is 1.22. The van der Waals surface area contributed by atoms with Crippen LogP contribution in [0.15, 0.2) is 11.1 Å². The van der Waals surface area contributed by atoms with Gasteiger partial charge in [-0.25, -0.2) is 4.98 Å². The van der Waals surface area contributed by atoms with E-state index in [4.69, 9.17) is 16.7 Å². The van der Waals surface area contributed by atoms with Crippen LogP contribution in [0, 0.1) is 0 Å². The molecular weight excluding hydrogens is 184 g/mol. The molecule has 1 aromatic heterocycles. The van der Waals surface area contributed by atoms with E-state index in [0.717, 1.165) is 6.33 Å². The summed E-state index contributed by atoms with van der Waals surface area (Å²) in [5, 5.41) is 8.31. The van der Waals surface area contributed by atoms with Crippen LogP contribution in [0.2, 0.25) is 5.15 Å². The third-order valence-corrected chi connectivity index (χ3v) is 1.55. The number of hydrogen-bond acceptors (Lipinski definition) is 3. The maximum atomic E-state index is 10.9. The molecule has 0 spiro atoms. The molecule has 0 amide bonds. The number of aliphatic carboxylic acids is 1. The molecule has 0 aromatic carbocycles. The summed E-state index contributed by atoms with van der Waals surface area (Å²) >= 11 is 5.48. The lowest BCUT2D eigenvalue weighted by molar-refractivity contribution is -0.136. The minimum Gasteiger partial charge on any atom is -0.481 e. The van der Waals surface area contributed by atoms with Crippen molar-refractivity contribution in [2.45, 2.75) is 6.42 Å². The Morgan fingerprint density at radius 3 is 2.92 bits per heavy atom. The van der Waals surface area contributed by atoms with Gasteiger partial charge in [-0.15, -0.1) is 0 Å². The molecule has 64 valence electrons. The van der Waals surface area contributed by atoms with Gasteiger partial charge in [0.25, 0.3) is 5.56 Å². The lowest BCUT2D eigenvalue weighted by atomic mass is 10.2. The van der Waals surface area contributed by atoms with E-state index in [1.54, 1.807) is 0 Å². The summed E-state index contributed by atoms with van der Waals surface area (Å²) in [5.41, 5.74) is -0.538. The van der Waals surface area contributed by atoms with Gasteiger partial charge in [-0.05, 0) is 0 Å². The number of carbonyl (C=O) groups is 1. The Balaban J connectivity index is 3.13. The standard InChI is InChI=1S/C6H5ClN2O3/c7-5-3(1-4(10)11)6(12)9-2-8-5/h2H,1H2,(H,10,11)(H,8,9,12).